The Balaban J connectivity index is 1.61. The minimum atomic E-state index is 0.568. The van der Waals surface area contributed by atoms with E-state index in [1.807, 2.05) is 6.07 Å². The Morgan fingerprint density at radius 1 is 0.885 bits per heavy atom. The average molecular weight is 410 g/mol. The summed E-state index contributed by atoms with van der Waals surface area (Å²) in [5.74, 6) is 0.862. The molecular formula is C23H24BrNO. The zero-order chi connectivity index (χ0) is 18.5. The van der Waals surface area contributed by atoms with Crippen molar-refractivity contribution >= 4 is 21.6 Å². The molecule has 0 heterocycles. The van der Waals surface area contributed by atoms with Crippen molar-refractivity contribution in [2.75, 3.05) is 5.32 Å². The van der Waals surface area contributed by atoms with Crippen molar-refractivity contribution in [2.45, 2.75) is 33.9 Å². The van der Waals surface area contributed by atoms with Crippen LogP contribution in [0.3, 0.4) is 0 Å². The molecule has 3 aromatic carbocycles. The third-order valence-corrected chi connectivity index (χ3v) is 5.22. The molecule has 3 aromatic rings. The van der Waals surface area contributed by atoms with Crippen LogP contribution in [0.15, 0.2) is 65.1 Å². The van der Waals surface area contributed by atoms with Gasteiger partial charge in [0, 0.05) is 12.2 Å². The highest BCUT2D eigenvalue weighted by Gasteiger charge is 2.05. The lowest BCUT2D eigenvalue weighted by molar-refractivity contribution is 0.304. The second-order valence-electron chi connectivity index (χ2n) is 6.64. The molecule has 1 N–H and O–H groups in total. The summed E-state index contributed by atoms with van der Waals surface area (Å²) < 4.78 is 6.92. The molecule has 0 aliphatic heterocycles. The average Bonchev–Trinajstić information content (AvgIpc) is 2.63. The predicted molar refractivity (Wildman–Crippen MR) is 113 cm³/mol. The largest absolute Gasteiger partial charge is 0.488 e. The lowest BCUT2D eigenvalue weighted by Gasteiger charge is -2.13. The van der Waals surface area contributed by atoms with Gasteiger partial charge >= 0.3 is 0 Å². The van der Waals surface area contributed by atoms with Crippen LogP contribution in [0.25, 0.3) is 0 Å². The van der Waals surface area contributed by atoms with E-state index in [4.69, 9.17) is 4.74 Å². The Morgan fingerprint density at radius 2 is 1.62 bits per heavy atom. The smallest absolute Gasteiger partial charge is 0.134 e. The van der Waals surface area contributed by atoms with E-state index >= 15 is 0 Å². The quantitative estimate of drug-likeness (QED) is 0.497. The molecule has 0 unspecified atom stereocenters. The fourth-order valence-corrected chi connectivity index (χ4v) is 3.30. The van der Waals surface area contributed by atoms with Crippen LogP contribution in [0.4, 0.5) is 5.69 Å². The molecular weight excluding hydrogens is 386 g/mol. The van der Waals surface area contributed by atoms with Gasteiger partial charge in [0.2, 0.25) is 0 Å². The number of nitrogens with one attached hydrogen (secondary N) is 1. The number of anilines is 1. The van der Waals surface area contributed by atoms with Gasteiger partial charge in [-0.05, 0) is 77.2 Å². The monoisotopic (exact) mass is 409 g/mol. The minimum absolute atomic E-state index is 0.568. The molecule has 0 bridgehead atoms. The van der Waals surface area contributed by atoms with Crippen molar-refractivity contribution in [3.63, 3.8) is 0 Å². The maximum atomic E-state index is 5.95. The Kier molecular flexibility index (Phi) is 6.00. The Bertz CT molecular complexity index is 887. The number of aryl methyl sites for hydroxylation is 2. The van der Waals surface area contributed by atoms with Gasteiger partial charge in [0.05, 0.1) is 4.47 Å². The van der Waals surface area contributed by atoms with E-state index in [1.165, 1.54) is 33.5 Å². The zero-order valence-corrected chi connectivity index (χ0v) is 17.1. The first-order valence-electron chi connectivity index (χ1n) is 8.80. The number of rotatable bonds is 6. The van der Waals surface area contributed by atoms with E-state index in [2.05, 4.69) is 96.6 Å². The summed E-state index contributed by atoms with van der Waals surface area (Å²) in [6.07, 6.45) is 0. The van der Waals surface area contributed by atoms with Gasteiger partial charge in [0.15, 0.2) is 0 Å². The highest BCUT2D eigenvalue weighted by atomic mass is 79.9. The van der Waals surface area contributed by atoms with Crippen LogP contribution in [-0.2, 0) is 13.2 Å². The summed E-state index contributed by atoms with van der Waals surface area (Å²) in [4.78, 5) is 0. The summed E-state index contributed by atoms with van der Waals surface area (Å²) in [6.45, 7) is 7.72. The molecule has 0 aromatic heterocycles. The molecule has 0 aliphatic rings. The van der Waals surface area contributed by atoms with Crippen LogP contribution >= 0.6 is 15.9 Å². The van der Waals surface area contributed by atoms with Crippen molar-refractivity contribution in [2.24, 2.45) is 0 Å². The Morgan fingerprint density at radius 3 is 2.35 bits per heavy atom. The normalized spacial score (nSPS) is 10.6. The molecule has 134 valence electrons. The highest BCUT2D eigenvalue weighted by Crippen LogP contribution is 2.27. The number of ether oxygens (including phenoxy) is 1. The van der Waals surface area contributed by atoms with Crippen LogP contribution in [0.5, 0.6) is 5.75 Å². The molecule has 0 atom stereocenters. The molecule has 0 amide bonds. The number of hydrogen-bond donors (Lipinski definition) is 1. The third-order valence-electron chi connectivity index (χ3n) is 4.60. The maximum Gasteiger partial charge on any atom is 0.134 e. The zero-order valence-electron chi connectivity index (χ0n) is 15.5. The summed E-state index contributed by atoms with van der Waals surface area (Å²) >= 11 is 3.63. The van der Waals surface area contributed by atoms with Crippen molar-refractivity contribution in [1.82, 2.24) is 0 Å². The summed E-state index contributed by atoms with van der Waals surface area (Å²) in [6, 6.07) is 21.0. The summed E-state index contributed by atoms with van der Waals surface area (Å²) in [5.41, 5.74) is 7.42. The maximum absolute atomic E-state index is 5.95. The number of hydrogen-bond acceptors (Lipinski definition) is 2. The standard InChI is InChI=1S/C23H24BrNO/c1-16-7-9-19(10-8-16)15-26-23-12-11-20(13-21(23)24)14-25-22-6-4-5-17(2)18(22)3/h4-13,25H,14-15H2,1-3H3. The van der Waals surface area contributed by atoms with Crippen molar-refractivity contribution in [3.8, 4) is 5.75 Å². The first-order chi connectivity index (χ1) is 12.5. The fraction of sp³-hybridized carbons (Fsp3) is 0.217. The predicted octanol–water partition coefficient (Wildman–Crippen LogP) is 6.57. The first-order valence-corrected chi connectivity index (χ1v) is 9.59. The van der Waals surface area contributed by atoms with Gasteiger partial charge in [-0.3, -0.25) is 0 Å². The van der Waals surface area contributed by atoms with Crippen LogP contribution in [0, 0.1) is 20.8 Å². The second-order valence-corrected chi connectivity index (χ2v) is 7.49. The molecule has 26 heavy (non-hydrogen) atoms. The summed E-state index contributed by atoms with van der Waals surface area (Å²) in [5, 5.41) is 3.52. The third kappa shape index (κ3) is 4.67. The number of halogens is 1. The molecule has 0 saturated heterocycles. The first kappa shape index (κ1) is 18.5. The summed E-state index contributed by atoms with van der Waals surface area (Å²) in [7, 11) is 0. The van der Waals surface area contributed by atoms with E-state index < -0.39 is 0 Å². The lowest BCUT2D eigenvalue weighted by atomic mass is 10.1. The van der Waals surface area contributed by atoms with Crippen LogP contribution < -0.4 is 10.1 Å². The molecule has 0 radical (unpaired) electrons. The van der Waals surface area contributed by atoms with Gasteiger partial charge in [0.25, 0.3) is 0 Å². The van der Waals surface area contributed by atoms with E-state index in [-0.39, 0.29) is 0 Å². The van der Waals surface area contributed by atoms with E-state index in [1.54, 1.807) is 0 Å². The second kappa shape index (κ2) is 8.41. The van der Waals surface area contributed by atoms with Gasteiger partial charge in [-0.2, -0.15) is 0 Å². The Labute approximate surface area is 164 Å². The fourth-order valence-electron chi connectivity index (χ4n) is 2.76. The van der Waals surface area contributed by atoms with Crippen molar-refractivity contribution < 1.29 is 4.74 Å². The van der Waals surface area contributed by atoms with Gasteiger partial charge in [-0.25, -0.2) is 0 Å². The Hall–Kier alpha value is -2.26. The molecule has 0 spiro atoms. The van der Waals surface area contributed by atoms with Crippen LogP contribution in [0.2, 0.25) is 0 Å². The molecule has 0 fully saturated rings. The van der Waals surface area contributed by atoms with Crippen molar-refractivity contribution in [1.29, 1.82) is 0 Å². The van der Waals surface area contributed by atoms with E-state index in [9.17, 15) is 0 Å². The van der Waals surface area contributed by atoms with Gasteiger partial charge < -0.3 is 10.1 Å². The topological polar surface area (TPSA) is 21.3 Å². The molecule has 2 nitrogen and oxygen atoms in total. The van der Waals surface area contributed by atoms with Crippen LogP contribution in [-0.4, -0.2) is 0 Å². The number of benzene rings is 3. The molecule has 0 aliphatic carbocycles. The van der Waals surface area contributed by atoms with Gasteiger partial charge in [-0.15, -0.1) is 0 Å². The minimum Gasteiger partial charge on any atom is -0.488 e. The molecule has 3 rings (SSSR count). The molecule has 3 heteroatoms. The van der Waals surface area contributed by atoms with E-state index in [0.29, 0.717) is 6.61 Å². The lowest BCUT2D eigenvalue weighted by Crippen LogP contribution is -2.02. The van der Waals surface area contributed by atoms with Gasteiger partial charge in [-0.1, -0.05) is 48.0 Å². The van der Waals surface area contributed by atoms with Gasteiger partial charge in [0.1, 0.15) is 12.4 Å². The SMILES string of the molecule is Cc1ccc(COc2ccc(CNc3cccc(C)c3C)cc2Br)cc1. The van der Waals surface area contributed by atoms with Crippen LogP contribution in [0.1, 0.15) is 27.8 Å². The van der Waals surface area contributed by atoms with Crippen molar-refractivity contribution in [3.05, 3.63) is 93.0 Å². The molecule has 0 saturated carbocycles. The highest BCUT2D eigenvalue weighted by molar-refractivity contribution is 9.10. The van der Waals surface area contributed by atoms with E-state index in [0.717, 1.165) is 16.8 Å².